The van der Waals surface area contributed by atoms with Gasteiger partial charge in [0.15, 0.2) is 5.96 Å². The summed E-state index contributed by atoms with van der Waals surface area (Å²) >= 11 is 0. The number of aliphatic imine (C=N–C) groups is 1. The van der Waals surface area contributed by atoms with Crippen molar-refractivity contribution < 1.29 is 9.53 Å². The van der Waals surface area contributed by atoms with Crippen LogP contribution < -0.4 is 5.32 Å². The molecule has 0 spiro atoms. The second kappa shape index (κ2) is 10.6. The molecule has 0 radical (unpaired) electrons. The predicted octanol–water partition coefficient (Wildman–Crippen LogP) is 2.03. The van der Waals surface area contributed by atoms with E-state index in [1.54, 1.807) is 9.58 Å². The zero-order valence-corrected chi connectivity index (χ0v) is 20.4. The molecule has 2 aliphatic rings. The smallest absolute Gasteiger partial charge is 0.230 e. The number of carbonyl (C=O) groups excluding carboxylic acids is 1. The molecule has 29 heavy (non-hydrogen) atoms. The zero-order chi connectivity index (χ0) is 20.1. The highest BCUT2D eigenvalue weighted by atomic mass is 127. The van der Waals surface area contributed by atoms with E-state index in [4.69, 9.17) is 9.73 Å². The molecule has 164 valence electrons. The summed E-state index contributed by atoms with van der Waals surface area (Å²) in [4.78, 5) is 21.7. The first-order valence-corrected chi connectivity index (χ1v) is 10.3. The van der Waals surface area contributed by atoms with Crippen LogP contribution in [0.4, 0.5) is 0 Å². The molecule has 0 aromatic carbocycles. The van der Waals surface area contributed by atoms with Crippen molar-refractivity contribution in [3.8, 4) is 0 Å². The molecule has 1 amide bonds. The molecule has 8 nitrogen and oxygen atoms in total. The first-order chi connectivity index (χ1) is 13.4. The summed E-state index contributed by atoms with van der Waals surface area (Å²) in [5.74, 6) is 1.08. The van der Waals surface area contributed by atoms with E-state index in [2.05, 4.69) is 22.2 Å². The van der Waals surface area contributed by atoms with E-state index in [1.807, 2.05) is 33.5 Å². The minimum absolute atomic E-state index is 0. The van der Waals surface area contributed by atoms with Crippen molar-refractivity contribution in [2.75, 3.05) is 46.9 Å². The number of rotatable bonds is 5. The van der Waals surface area contributed by atoms with E-state index in [-0.39, 0.29) is 41.4 Å². The van der Waals surface area contributed by atoms with Crippen LogP contribution in [0.5, 0.6) is 0 Å². The van der Waals surface area contributed by atoms with E-state index in [0.29, 0.717) is 13.2 Å². The molecule has 1 aliphatic carbocycles. The fourth-order valence-corrected chi connectivity index (χ4v) is 4.27. The van der Waals surface area contributed by atoms with Gasteiger partial charge in [-0.2, -0.15) is 5.10 Å². The Kier molecular flexibility index (Phi) is 8.74. The molecule has 1 saturated carbocycles. The number of morpholine rings is 1. The Bertz CT molecular complexity index is 699. The van der Waals surface area contributed by atoms with Crippen molar-refractivity contribution in [3.05, 3.63) is 18.0 Å². The van der Waals surface area contributed by atoms with Gasteiger partial charge < -0.3 is 19.9 Å². The van der Waals surface area contributed by atoms with Crippen molar-refractivity contribution in [2.45, 2.75) is 38.7 Å². The quantitative estimate of drug-likeness (QED) is 0.367. The van der Waals surface area contributed by atoms with Gasteiger partial charge >= 0.3 is 0 Å². The molecule has 1 saturated heterocycles. The van der Waals surface area contributed by atoms with Gasteiger partial charge in [0.2, 0.25) is 5.91 Å². The molecule has 1 aromatic heterocycles. The third kappa shape index (κ3) is 5.62. The number of aryl methyl sites for hydroxylation is 1. The number of guanidine groups is 1. The van der Waals surface area contributed by atoms with Crippen LogP contribution in [0.3, 0.4) is 0 Å². The van der Waals surface area contributed by atoms with Crippen LogP contribution in [0.15, 0.2) is 17.4 Å². The maximum Gasteiger partial charge on any atom is 0.230 e. The molecule has 1 aliphatic heterocycles. The van der Waals surface area contributed by atoms with Gasteiger partial charge in [0.1, 0.15) is 6.10 Å². The summed E-state index contributed by atoms with van der Waals surface area (Å²) < 4.78 is 7.76. The zero-order valence-electron chi connectivity index (χ0n) is 18.1. The maximum absolute atomic E-state index is 12.8. The second-order valence-corrected chi connectivity index (χ2v) is 8.11. The molecule has 0 bridgehead atoms. The number of hydrogen-bond acceptors (Lipinski definition) is 4. The van der Waals surface area contributed by atoms with Gasteiger partial charge in [0.05, 0.1) is 31.3 Å². The summed E-state index contributed by atoms with van der Waals surface area (Å²) in [6.45, 7) is 5.57. The Hall–Kier alpha value is -1.36. The SMILES string of the molecule is CCNC(=NCC1(C(=O)N(C)C)CCCC1)N1CCOC(c2cnn(C)c2)C1.I. The van der Waals surface area contributed by atoms with E-state index in [0.717, 1.165) is 56.8 Å². The molecular weight excluding hydrogens is 483 g/mol. The second-order valence-electron chi connectivity index (χ2n) is 8.11. The summed E-state index contributed by atoms with van der Waals surface area (Å²) in [5, 5.41) is 7.68. The summed E-state index contributed by atoms with van der Waals surface area (Å²) in [6, 6.07) is 0. The first kappa shape index (κ1) is 23.9. The van der Waals surface area contributed by atoms with Crippen LogP contribution in [0.2, 0.25) is 0 Å². The fourth-order valence-electron chi connectivity index (χ4n) is 4.27. The number of nitrogens with one attached hydrogen (secondary N) is 1. The Morgan fingerprint density at radius 2 is 2.14 bits per heavy atom. The van der Waals surface area contributed by atoms with Gasteiger partial charge in [-0.25, -0.2) is 0 Å². The number of aromatic nitrogens is 2. The topological polar surface area (TPSA) is 75.0 Å². The van der Waals surface area contributed by atoms with Crippen molar-refractivity contribution in [2.24, 2.45) is 17.5 Å². The predicted molar refractivity (Wildman–Crippen MR) is 124 cm³/mol. The van der Waals surface area contributed by atoms with Crippen LogP contribution in [-0.4, -0.2) is 78.3 Å². The van der Waals surface area contributed by atoms with Gasteiger partial charge in [-0.15, -0.1) is 24.0 Å². The van der Waals surface area contributed by atoms with Gasteiger partial charge in [-0.05, 0) is 19.8 Å². The third-order valence-electron chi connectivity index (χ3n) is 5.75. The Morgan fingerprint density at radius 1 is 1.41 bits per heavy atom. The molecule has 2 fully saturated rings. The summed E-state index contributed by atoms with van der Waals surface area (Å²) in [6.07, 6.45) is 7.90. The maximum atomic E-state index is 12.8. The van der Waals surface area contributed by atoms with E-state index in [9.17, 15) is 4.79 Å². The lowest BCUT2D eigenvalue weighted by Gasteiger charge is -2.35. The van der Waals surface area contributed by atoms with E-state index >= 15 is 0 Å². The van der Waals surface area contributed by atoms with Crippen molar-refractivity contribution >= 4 is 35.8 Å². The highest BCUT2D eigenvalue weighted by molar-refractivity contribution is 14.0. The summed E-state index contributed by atoms with van der Waals surface area (Å²) in [7, 11) is 5.61. The molecule has 2 heterocycles. The number of ether oxygens (including phenoxy) is 1. The molecule has 3 rings (SSSR count). The van der Waals surface area contributed by atoms with E-state index in [1.165, 1.54) is 0 Å². The Morgan fingerprint density at radius 3 is 2.72 bits per heavy atom. The Labute approximate surface area is 191 Å². The highest BCUT2D eigenvalue weighted by Crippen LogP contribution is 2.39. The third-order valence-corrected chi connectivity index (χ3v) is 5.75. The van der Waals surface area contributed by atoms with Gasteiger partial charge in [-0.1, -0.05) is 12.8 Å². The lowest BCUT2D eigenvalue weighted by atomic mass is 9.85. The normalized spacial score (nSPS) is 21.6. The average Bonchev–Trinajstić information content (AvgIpc) is 3.34. The number of carbonyl (C=O) groups is 1. The van der Waals surface area contributed by atoms with Crippen LogP contribution in [0.1, 0.15) is 44.3 Å². The number of amides is 1. The highest BCUT2D eigenvalue weighted by Gasteiger charge is 2.42. The van der Waals surface area contributed by atoms with Crippen LogP contribution >= 0.6 is 24.0 Å². The molecule has 1 unspecified atom stereocenters. The number of hydrogen-bond donors (Lipinski definition) is 1. The molecule has 1 N–H and O–H groups in total. The lowest BCUT2D eigenvalue weighted by molar-refractivity contribution is -0.138. The van der Waals surface area contributed by atoms with Crippen LogP contribution in [0.25, 0.3) is 0 Å². The minimum Gasteiger partial charge on any atom is -0.370 e. The average molecular weight is 518 g/mol. The summed E-state index contributed by atoms with van der Waals surface area (Å²) in [5.41, 5.74) is 0.734. The van der Waals surface area contributed by atoms with Crippen LogP contribution in [-0.2, 0) is 16.6 Å². The molecule has 9 heteroatoms. The van der Waals surface area contributed by atoms with Crippen LogP contribution in [0, 0.1) is 5.41 Å². The van der Waals surface area contributed by atoms with Gasteiger partial charge in [-0.3, -0.25) is 14.5 Å². The lowest BCUT2D eigenvalue weighted by Crippen LogP contribution is -2.49. The number of nitrogens with zero attached hydrogens (tertiary/aromatic N) is 5. The minimum atomic E-state index is -0.348. The molecule has 1 aromatic rings. The largest absolute Gasteiger partial charge is 0.370 e. The fraction of sp³-hybridized carbons (Fsp3) is 0.750. The van der Waals surface area contributed by atoms with E-state index < -0.39 is 0 Å². The standard InChI is InChI=1S/C20H34N6O2.HI/c1-5-21-19(22-15-20(8-6-7-9-20)18(27)24(2)3)26-10-11-28-17(14-26)16-12-23-25(4)13-16;/h12-13,17H,5-11,14-15H2,1-4H3,(H,21,22);1H. The monoisotopic (exact) mass is 518 g/mol. The van der Waals surface area contributed by atoms with Gasteiger partial charge in [0.25, 0.3) is 0 Å². The number of halogens is 1. The Balaban J connectivity index is 0.00000300. The molecule has 1 atom stereocenters. The molecular formula is C20H35IN6O2. The van der Waals surface area contributed by atoms with Crippen molar-refractivity contribution in [1.82, 2.24) is 24.9 Å². The van der Waals surface area contributed by atoms with Crippen molar-refractivity contribution in [3.63, 3.8) is 0 Å². The van der Waals surface area contributed by atoms with Crippen molar-refractivity contribution in [1.29, 1.82) is 0 Å². The first-order valence-electron chi connectivity index (χ1n) is 10.3. The van der Waals surface area contributed by atoms with Gasteiger partial charge in [0, 0.05) is 46.0 Å².